The zero-order chi connectivity index (χ0) is 12.0. The Balaban J connectivity index is 2.87. The van der Waals surface area contributed by atoms with Crippen LogP contribution in [0.15, 0.2) is 24.3 Å². The maximum Gasteiger partial charge on any atom is 0.226 e. The van der Waals surface area contributed by atoms with Crippen molar-refractivity contribution in [2.24, 2.45) is 5.73 Å². The second-order valence-electron chi connectivity index (χ2n) is 3.88. The van der Waals surface area contributed by atoms with Crippen LogP contribution in [0.1, 0.15) is 25.3 Å². The van der Waals surface area contributed by atoms with E-state index in [2.05, 4.69) is 0 Å². The maximum atomic E-state index is 11.8. The Labute approximate surface area is 97.2 Å². The van der Waals surface area contributed by atoms with Crippen LogP contribution in [0.2, 0.25) is 0 Å². The quantitative estimate of drug-likeness (QED) is 0.826. The van der Waals surface area contributed by atoms with E-state index in [1.807, 2.05) is 43.0 Å². The number of benzene rings is 1. The van der Waals surface area contributed by atoms with Gasteiger partial charge in [-0.25, -0.2) is 0 Å². The lowest BCUT2D eigenvalue weighted by Crippen LogP contribution is -2.32. The van der Waals surface area contributed by atoms with Crippen LogP contribution in [0.25, 0.3) is 0 Å². The molecular formula is C13H20N2O. The first-order valence-electron chi connectivity index (χ1n) is 5.76. The fraction of sp³-hybridized carbons (Fsp3) is 0.462. The first-order valence-corrected chi connectivity index (χ1v) is 5.76. The molecule has 0 bridgehead atoms. The first-order chi connectivity index (χ1) is 7.69. The molecule has 0 fully saturated rings. The van der Waals surface area contributed by atoms with Crippen LogP contribution in [0.5, 0.6) is 0 Å². The van der Waals surface area contributed by atoms with Crippen molar-refractivity contribution in [3.8, 4) is 0 Å². The predicted molar refractivity (Wildman–Crippen MR) is 67.5 cm³/mol. The smallest absolute Gasteiger partial charge is 0.226 e. The molecule has 0 aromatic heterocycles. The standard InChI is InChI=1S/C13H20N2O/c1-3-13(16)15(9-5-8-14)12-7-4-6-11(2)10-12/h4,6-7,10H,3,5,8-9,14H2,1-2H3. The van der Waals surface area contributed by atoms with Gasteiger partial charge in [-0.1, -0.05) is 19.1 Å². The van der Waals surface area contributed by atoms with E-state index in [9.17, 15) is 4.79 Å². The van der Waals surface area contributed by atoms with Gasteiger partial charge in [-0.3, -0.25) is 4.79 Å². The molecule has 0 unspecified atom stereocenters. The summed E-state index contributed by atoms with van der Waals surface area (Å²) < 4.78 is 0. The Kier molecular flexibility index (Phi) is 4.99. The Hall–Kier alpha value is -1.35. The van der Waals surface area contributed by atoms with Crippen LogP contribution in [0.3, 0.4) is 0 Å². The monoisotopic (exact) mass is 220 g/mol. The highest BCUT2D eigenvalue weighted by atomic mass is 16.2. The van der Waals surface area contributed by atoms with Gasteiger partial charge in [-0.05, 0) is 37.6 Å². The van der Waals surface area contributed by atoms with Gasteiger partial charge in [0.15, 0.2) is 0 Å². The normalized spacial score (nSPS) is 10.2. The third-order valence-corrected chi connectivity index (χ3v) is 2.50. The number of carbonyl (C=O) groups excluding carboxylic acids is 1. The van der Waals surface area contributed by atoms with Crippen molar-refractivity contribution in [2.45, 2.75) is 26.7 Å². The van der Waals surface area contributed by atoms with E-state index < -0.39 is 0 Å². The van der Waals surface area contributed by atoms with Crippen LogP contribution in [0.4, 0.5) is 5.69 Å². The highest BCUT2D eigenvalue weighted by Crippen LogP contribution is 2.17. The summed E-state index contributed by atoms with van der Waals surface area (Å²) in [7, 11) is 0. The minimum absolute atomic E-state index is 0.152. The zero-order valence-corrected chi connectivity index (χ0v) is 10.1. The van der Waals surface area contributed by atoms with Gasteiger partial charge >= 0.3 is 0 Å². The largest absolute Gasteiger partial charge is 0.330 e. The molecule has 0 aliphatic heterocycles. The van der Waals surface area contributed by atoms with E-state index in [0.717, 1.165) is 12.1 Å². The molecule has 1 amide bonds. The summed E-state index contributed by atoms with van der Waals surface area (Å²) in [6, 6.07) is 8.01. The van der Waals surface area contributed by atoms with Crippen molar-refractivity contribution in [1.82, 2.24) is 0 Å². The molecule has 3 heteroatoms. The molecule has 0 saturated carbocycles. The second kappa shape index (κ2) is 6.28. The summed E-state index contributed by atoms with van der Waals surface area (Å²) in [6.45, 7) is 5.22. The lowest BCUT2D eigenvalue weighted by atomic mass is 10.2. The molecule has 0 aliphatic rings. The molecule has 0 atom stereocenters. The van der Waals surface area contributed by atoms with Gasteiger partial charge in [0.25, 0.3) is 0 Å². The van der Waals surface area contributed by atoms with E-state index in [1.165, 1.54) is 5.56 Å². The molecule has 3 nitrogen and oxygen atoms in total. The van der Waals surface area contributed by atoms with E-state index in [0.29, 0.717) is 19.5 Å². The van der Waals surface area contributed by atoms with Gasteiger partial charge in [0, 0.05) is 18.7 Å². The van der Waals surface area contributed by atoms with Gasteiger partial charge in [-0.15, -0.1) is 0 Å². The average Bonchev–Trinajstić information content (AvgIpc) is 2.29. The topological polar surface area (TPSA) is 46.3 Å². The van der Waals surface area contributed by atoms with Crippen molar-refractivity contribution in [3.63, 3.8) is 0 Å². The number of hydrogen-bond acceptors (Lipinski definition) is 2. The molecule has 0 heterocycles. The van der Waals surface area contributed by atoms with E-state index >= 15 is 0 Å². The second-order valence-corrected chi connectivity index (χ2v) is 3.88. The summed E-state index contributed by atoms with van der Waals surface area (Å²) in [5, 5.41) is 0. The van der Waals surface area contributed by atoms with Crippen LogP contribution < -0.4 is 10.6 Å². The first kappa shape index (κ1) is 12.7. The molecule has 0 aliphatic carbocycles. The molecule has 2 N–H and O–H groups in total. The molecule has 0 spiro atoms. The van der Waals surface area contributed by atoms with E-state index in [4.69, 9.17) is 5.73 Å². The Morgan fingerprint density at radius 3 is 2.75 bits per heavy atom. The minimum atomic E-state index is 0.152. The summed E-state index contributed by atoms with van der Waals surface area (Å²) in [4.78, 5) is 13.6. The van der Waals surface area contributed by atoms with Gasteiger partial charge in [-0.2, -0.15) is 0 Å². The van der Waals surface area contributed by atoms with Gasteiger partial charge in [0.1, 0.15) is 0 Å². The Morgan fingerprint density at radius 2 is 2.19 bits per heavy atom. The number of rotatable bonds is 5. The lowest BCUT2D eigenvalue weighted by molar-refractivity contribution is -0.118. The molecular weight excluding hydrogens is 200 g/mol. The fourth-order valence-corrected chi connectivity index (χ4v) is 1.63. The SMILES string of the molecule is CCC(=O)N(CCCN)c1cccc(C)c1. The van der Waals surface area contributed by atoms with E-state index in [1.54, 1.807) is 0 Å². The zero-order valence-electron chi connectivity index (χ0n) is 10.1. The number of amides is 1. The van der Waals surface area contributed by atoms with Crippen LogP contribution >= 0.6 is 0 Å². The summed E-state index contributed by atoms with van der Waals surface area (Å²) in [5.41, 5.74) is 7.63. The summed E-state index contributed by atoms with van der Waals surface area (Å²) in [5.74, 6) is 0.152. The molecule has 0 radical (unpaired) electrons. The van der Waals surface area contributed by atoms with Crippen molar-refractivity contribution < 1.29 is 4.79 Å². The maximum absolute atomic E-state index is 11.8. The average molecular weight is 220 g/mol. The Bertz CT molecular complexity index is 350. The third-order valence-electron chi connectivity index (χ3n) is 2.50. The van der Waals surface area contributed by atoms with Crippen molar-refractivity contribution in [3.05, 3.63) is 29.8 Å². The summed E-state index contributed by atoms with van der Waals surface area (Å²) >= 11 is 0. The van der Waals surface area contributed by atoms with E-state index in [-0.39, 0.29) is 5.91 Å². The number of hydrogen-bond donors (Lipinski definition) is 1. The Morgan fingerprint density at radius 1 is 1.44 bits per heavy atom. The van der Waals surface area contributed by atoms with Crippen LogP contribution in [-0.2, 0) is 4.79 Å². The lowest BCUT2D eigenvalue weighted by Gasteiger charge is -2.22. The minimum Gasteiger partial charge on any atom is -0.330 e. The highest BCUT2D eigenvalue weighted by Gasteiger charge is 2.12. The van der Waals surface area contributed by atoms with Crippen LogP contribution in [0, 0.1) is 6.92 Å². The molecule has 1 aromatic carbocycles. The van der Waals surface area contributed by atoms with Gasteiger partial charge in [0.05, 0.1) is 0 Å². The van der Waals surface area contributed by atoms with Gasteiger partial charge in [0.2, 0.25) is 5.91 Å². The highest BCUT2D eigenvalue weighted by molar-refractivity contribution is 5.93. The molecule has 88 valence electrons. The molecule has 16 heavy (non-hydrogen) atoms. The van der Waals surface area contributed by atoms with Crippen molar-refractivity contribution >= 4 is 11.6 Å². The molecule has 1 rings (SSSR count). The molecule has 0 saturated heterocycles. The number of carbonyl (C=O) groups is 1. The van der Waals surface area contributed by atoms with Crippen molar-refractivity contribution in [1.29, 1.82) is 0 Å². The number of nitrogens with two attached hydrogens (primary N) is 1. The van der Waals surface area contributed by atoms with Crippen molar-refractivity contribution in [2.75, 3.05) is 18.0 Å². The number of aryl methyl sites for hydroxylation is 1. The third kappa shape index (κ3) is 3.35. The predicted octanol–water partition coefficient (Wildman–Crippen LogP) is 2.09. The van der Waals surface area contributed by atoms with Gasteiger partial charge < -0.3 is 10.6 Å². The fourth-order valence-electron chi connectivity index (χ4n) is 1.63. The van der Waals surface area contributed by atoms with Crippen LogP contribution in [-0.4, -0.2) is 19.0 Å². The number of anilines is 1. The molecule has 1 aromatic rings. The summed E-state index contributed by atoms with van der Waals surface area (Å²) in [6.07, 6.45) is 1.36. The number of nitrogens with zero attached hydrogens (tertiary/aromatic N) is 1.